The molecule has 130 valence electrons. The highest BCUT2D eigenvalue weighted by molar-refractivity contribution is 5.68. The van der Waals surface area contributed by atoms with Crippen molar-refractivity contribution in [3.8, 4) is 0 Å². The SMILES string of the molecule is C=N/C(=C\NCC)c1c(C(F)(F)F)nc2n1CCCC2.CCC. The maximum absolute atomic E-state index is 13.2. The molecular formula is C16H25F3N4. The number of nitrogens with one attached hydrogen (secondary N) is 1. The summed E-state index contributed by atoms with van der Waals surface area (Å²) in [6.07, 6.45) is 0.492. The Labute approximate surface area is 135 Å². The molecule has 0 saturated carbocycles. The van der Waals surface area contributed by atoms with Gasteiger partial charge in [-0.25, -0.2) is 4.98 Å². The Bertz CT molecular complexity index is 544. The van der Waals surface area contributed by atoms with Gasteiger partial charge in [0.15, 0.2) is 5.69 Å². The van der Waals surface area contributed by atoms with Crippen LogP contribution >= 0.6 is 0 Å². The fourth-order valence-corrected chi connectivity index (χ4v) is 2.33. The Balaban J connectivity index is 0.000000816. The quantitative estimate of drug-likeness (QED) is 0.838. The molecule has 0 radical (unpaired) electrons. The molecule has 0 saturated heterocycles. The van der Waals surface area contributed by atoms with Crippen LogP contribution in [-0.4, -0.2) is 22.8 Å². The van der Waals surface area contributed by atoms with E-state index in [4.69, 9.17) is 0 Å². The number of alkyl halides is 3. The van der Waals surface area contributed by atoms with Gasteiger partial charge in [-0.2, -0.15) is 13.2 Å². The lowest BCUT2D eigenvalue weighted by atomic mass is 10.1. The number of nitrogens with zero attached hydrogens (tertiary/aromatic N) is 3. The molecule has 0 amide bonds. The summed E-state index contributed by atoms with van der Waals surface area (Å²) in [7, 11) is 0. The van der Waals surface area contributed by atoms with Crippen molar-refractivity contribution in [2.75, 3.05) is 6.54 Å². The highest BCUT2D eigenvalue weighted by Crippen LogP contribution is 2.36. The van der Waals surface area contributed by atoms with E-state index in [2.05, 4.69) is 35.9 Å². The Kier molecular flexibility index (Phi) is 7.32. The summed E-state index contributed by atoms with van der Waals surface area (Å²) in [4.78, 5) is 7.52. The highest BCUT2D eigenvalue weighted by atomic mass is 19.4. The van der Waals surface area contributed by atoms with E-state index in [-0.39, 0.29) is 11.4 Å². The van der Waals surface area contributed by atoms with Crippen LogP contribution in [0.25, 0.3) is 5.70 Å². The molecular weight excluding hydrogens is 305 g/mol. The number of fused-ring (bicyclic) bond motifs is 1. The summed E-state index contributed by atoms with van der Waals surface area (Å²) in [6, 6.07) is 0. The second-order valence-corrected chi connectivity index (χ2v) is 5.28. The minimum atomic E-state index is -4.49. The third-order valence-corrected chi connectivity index (χ3v) is 3.20. The minimum Gasteiger partial charge on any atom is -0.389 e. The monoisotopic (exact) mass is 330 g/mol. The van der Waals surface area contributed by atoms with Crippen LogP contribution in [0.2, 0.25) is 0 Å². The Hall–Kier alpha value is -1.79. The Morgan fingerprint density at radius 3 is 2.52 bits per heavy atom. The van der Waals surface area contributed by atoms with Gasteiger partial charge >= 0.3 is 6.18 Å². The fourth-order valence-electron chi connectivity index (χ4n) is 2.33. The number of aliphatic imine (C=N–C) groups is 1. The van der Waals surface area contributed by atoms with E-state index in [9.17, 15) is 13.2 Å². The van der Waals surface area contributed by atoms with E-state index in [0.29, 0.717) is 25.3 Å². The van der Waals surface area contributed by atoms with Crippen molar-refractivity contribution in [3.63, 3.8) is 0 Å². The first-order valence-electron chi connectivity index (χ1n) is 7.97. The molecule has 2 rings (SSSR count). The van der Waals surface area contributed by atoms with Crippen LogP contribution in [0.5, 0.6) is 0 Å². The number of aromatic nitrogens is 2. The van der Waals surface area contributed by atoms with E-state index in [1.54, 1.807) is 4.57 Å². The zero-order valence-electron chi connectivity index (χ0n) is 14.0. The molecule has 7 heteroatoms. The summed E-state index contributed by atoms with van der Waals surface area (Å²) >= 11 is 0. The van der Waals surface area contributed by atoms with Gasteiger partial charge in [0.25, 0.3) is 0 Å². The molecule has 4 nitrogen and oxygen atoms in total. The van der Waals surface area contributed by atoms with Crippen molar-refractivity contribution in [2.24, 2.45) is 4.99 Å². The normalized spacial score (nSPS) is 14.6. The molecule has 1 aromatic heterocycles. The van der Waals surface area contributed by atoms with Gasteiger partial charge in [-0.05, 0) is 26.5 Å². The van der Waals surface area contributed by atoms with Crippen molar-refractivity contribution < 1.29 is 13.2 Å². The Morgan fingerprint density at radius 1 is 1.35 bits per heavy atom. The third kappa shape index (κ3) is 4.84. The molecule has 2 heterocycles. The second kappa shape index (κ2) is 8.74. The lowest BCUT2D eigenvalue weighted by Gasteiger charge is -2.17. The van der Waals surface area contributed by atoms with Gasteiger partial charge in [-0.3, -0.25) is 4.99 Å². The molecule has 1 N–H and O–H groups in total. The summed E-state index contributed by atoms with van der Waals surface area (Å²) < 4.78 is 41.1. The molecule has 23 heavy (non-hydrogen) atoms. The predicted molar refractivity (Wildman–Crippen MR) is 87.3 cm³/mol. The van der Waals surface area contributed by atoms with E-state index in [1.807, 2.05) is 6.92 Å². The first kappa shape index (κ1) is 19.3. The third-order valence-electron chi connectivity index (χ3n) is 3.20. The van der Waals surface area contributed by atoms with Crippen LogP contribution in [0.15, 0.2) is 11.2 Å². The molecule has 0 spiro atoms. The van der Waals surface area contributed by atoms with Crippen LogP contribution in [0, 0.1) is 0 Å². The maximum Gasteiger partial charge on any atom is 0.435 e. The van der Waals surface area contributed by atoms with E-state index in [0.717, 1.165) is 12.8 Å². The van der Waals surface area contributed by atoms with E-state index < -0.39 is 11.9 Å². The Morgan fingerprint density at radius 2 is 2.00 bits per heavy atom. The van der Waals surface area contributed by atoms with Gasteiger partial charge in [0, 0.05) is 25.7 Å². The van der Waals surface area contributed by atoms with E-state index in [1.165, 1.54) is 12.6 Å². The van der Waals surface area contributed by atoms with Crippen molar-refractivity contribution in [1.29, 1.82) is 0 Å². The summed E-state index contributed by atoms with van der Waals surface area (Å²) in [5, 5.41) is 2.87. The lowest BCUT2D eigenvalue weighted by molar-refractivity contribution is -0.141. The number of aryl methyl sites for hydroxylation is 1. The van der Waals surface area contributed by atoms with Crippen molar-refractivity contribution in [2.45, 2.75) is 59.2 Å². The van der Waals surface area contributed by atoms with Crippen molar-refractivity contribution in [1.82, 2.24) is 14.9 Å². The number of rotatable bonds is 4. The zero-order valence-corrected chi connectivity index (χ0v) is 14.0. The van der Waals surface area contributed by atoms with Gasteiger partial charge in [0.05, 0.1) is 0 Å². The summed E-state index contributed by atoms with van der Waals surface area (Å²) in [5.74, 6) is 0.477. The smallest absolute Gasteiger partial charge is 0.389 e. The lowest BCUT2D eigenvalue weighted by Crippen LogP contribution is -2.15. The molecule has 0 aliphatic carbocycles. The van der Waals surface area contributed by atoms with Gasteiger partial charge in [0.2, 0.25) is 0 Å². The molecule has 0 unspecified atom stereocenters. The zero-order chi connectivity index (χ0) is 17.5. The van der Waals surface area contributed by atoms with Crippen LogP contribution in [0.4, 0.5) is 13.2 Å². The first-order chi connectivity index (χ1) is 10.9. The van der Waals surface area contributed by atoms with Crippen LogP contribution < -0.4 is 5.32 Å². The van der Waals surface area contributed by atoms with Crippen molar-refractivity contribution in [3.05, 3.63) is 23.4 Å². The largest absolute Gasteiger partial charge is 0.435 e. The molecule has 0 bridgehead atoms. The second-order valence-electron chi connectivity index (χ2n) is 5.28. The molecule has 1 aliphatic heterocycles. The number of hydrogen-bond donors (Lipinski definition) is 1. The van der Waals surface area contributed by atoms with Crippen LogP contribution in [0.1, 0.15) is 57.2 Å². The minimum absolute atomic E-state index is 0.0168. The number of imidazole rings is 1. The maximum atomic E-state index is 13.2. The predicted octanol–water partition coefficient (Wildman–Crippen LogP) is 4.26. The van der Waals surface area contributed by atoms with Crippen LogP contribution in [-0.2, 0) is 19.1 Å². The van der Waals surface area contributed by atoms with Crippen molar-refractivity contribution >= 4 is 12.4 Å². The topological polar surface area (TPSA) is 42.2 Å². The average Bonchev–Trinajstić information content (AvgIpc) is 2.89. The van der Waals surface area contributed by atoms with Crippen LogP contribution in [0.3, 0.4) is 0 Å². The van der Waals surface area contributed by atoms with Gasteiger partial charge in [-0.15, -0.1) is 0 Å². The van der Waals surface area contributed by atoms with Gasteiger partial charge in [0.1, 0.15) is 17.2 Å². The van der Waals surface area contributed by atoms with Gasteiger partial charge < -0.3 is 9.88 Å². The number of halogens is 3. The molecule has 0 fully saturated rings. The van der Waals surface area contributed by atoms with Gasteiger partial charge in [-0.1, -0.05) is 20.3 Å². The molecule has 1 aliphatic rings. The average molecular weight is 330 g/mol. The summed E-state index contributed by atoms with van der Waals surface area (Å²) in [6.45, 7) is 10.6. The standard InChI is InChI=1S/C13H17F3N4.C3H8/c1-3-18-8-9(17-2)11-12(13(14,15)16)19-10-6-4-5-7-20(10)11;1-3-2/h8,18H,2-7H2,1H3;3H2,1-2H3/b9-8-;. The fraction of sp³-hybridized carbons (Fsp3) is 0.625. The molecule has 0 atom stereocenters. The molecule has 0 aromatic carbocycles. The summed E-state index contributed by atoms with van der Waals surface area (Å²) in [5.41, 5.74) is -0.672. The van der Waals surface area contributed by atoms with E-state index >= 15 is 0 Å². The number of hydrogen-bond acceptors (Lipinski definition) is 3. The first-order valence-corrected chi connectivity index (χ1v) is 7.97. The highest BCUT2D eigenvalue weighted by Gasteiger charge is 2.40. The molecule has 1 aromatic rings.